The van der Waals surface area contributed by atoms with Crippen LogP contribution in [0.4, 0.5) is 5.69 Å². The summed E-state index contributed by atoms with van der Waals surface area (Å²) in [6.07, 6.45) is 5.01. The predicted molar refractivity (Wildman–Crippen MR) is 81.6 cm³/mol. The first-order valence-corrected chi connectivity index (χ1v) is 7.68. The zero-order valence-electron chi connectivity index (χ0n) is 11.5. The van der Waals surface area contributed by atoms with Crippen molar-refractivity contribution >= 4 is 27.2 Å². The van der Waals surface area contributed by atoms with Crippen LogP contribution in [0, 0.1) is 6.92 Å². The molecule has 2 nitrogen and oxygen atoms in total. The smallest absolute Gasteiger partial charge is 0.0907 e. The van der Waals surface area contributed by atoms with Crippen LogP contribution < -0.4 is 5.32 Å². The van der Waals surface area contributed by atoms with Gasteiger partial charge in [-0.1, -0.05) is 26.7 Å². The topological polar surface area (TPSA) is 24.9 Å². The van der Waals surface area contributed by atoms with Gasteiger partial charge in [0.25, 0.3) is 0 Å². The molecule has 0 aliphatic rings. The number of benzene rings is 1. The van der Waals surface area contributed by atoms with E-state index in [0.29, 0.717) is 6.04 Å². The number of fused-ring (bicyclic) bond motifs is 1. The van der Waals surface area contributed by atoms with E-state index in [1.54, 1.807) is 11.3 Å². The average Bonchev–Trinajstić information content (AvgIpc) is 2.73. The summed E-state index contributed by atoms with van der Waals surface area (Å²) in [6.45, 7) is 6.56. The summed E-state index contributed by atoms with van der Waals surface area (Å²) in [4.78, 5) is 4.49. The Bertz CT molecular complexity index is 504. The van der Waals surface area contributed by atoms with Crippen LogP contribution in [0.2, 0.25) is 0 Å². The molecule has 1 aromatic carbocycles. The summed E-state index contributed by atoms with van der Waals surface area (Å²) in [5.41, 5.74) is 2.35. The van der Waals surface area contributed by atoms with Crippen molar-refractivity contribution < 1.29 is 0 Å². The van der Waals surface area contributed by atoms with Crippen molar-refractivity contribution in [1.82, 2.24) is 4.98 Å². The van der Waals surface area contributed by atoms with Gasteiger partial charge < -0.3 is 5.32 Å². The molecule has 2 rings (SSSR count). The highest BCUT2D eigenvalue weighted by Gasteiger charge is 2.07. The van der Waals surface area contributed by atoms with E-state index in [-0.39, 0.29) is 0 Å². The molecule has 3 heteroatoms. The SMILES string of the molecule is CCCCC(CC)Nc1ccc2nc(C)sc2c1. The fourth-order valence-corrected chi connectivity index (χ4v) is 3.06. The van der Waals surface area contributed by atoms with Crippen LogP contribution in [0.15, 0.2) is 18.2 Å². The molecule has 0 amide bonds. The summed E-state index contributed by atoms with van der Waals surface area (Å²) in [5, 5.41) is 4.78. The first-order chi connectivity index (χ1) is 8.72. The van der Waals surface area contributed by atoms with E-state index in [1.165, 1.54) is 36.1 Å². The lowest BCUT2D eigenvalue weighted by Crippen LogP contribution is -2.18. The van der Waals surface area contributed by atoms with Gasteiger partial charge in [0, 0.05) is 11.7 Å². The van der Waals surface area contributed by atoms with E-state index in [2.05, 4.69) is 49.3 Å². The van der Waals surface area contributed by atoms with Crippen LogP contribution in [0.5, 0.6) is 0 Å². The minimum Gasteiger partial charge on any atom is -0.382 e. The number of nitrogens with zero attached hydrogens (tertiary/aromatic N) is 1. The quantitative estimate of drug-likeness (QED) is 0.793. The molecule has 0 bridgehead atoms. The first-order valence-electron chi connectivity index (χ1n) is 6.86. The Kier molecular flexibility index (Phi) is 4.59. The van der Waals surface area contributed by atoms with E-state index in [9.17, 15) is 0 Å². The van der Waals surface area contributed by atoms with Gasteiger partial charge in [-0.3, -0.25) is 0 Å². The molecular weight excluding hydrogens is 240 g/mol. The highest BCUT2D eigenvalue weighted by atomic mass is 32.1. The lowest BCUT2D eigenvalue weighted by Gasteiger charge is -2.17. The molecule has 0 aliphatic carbocycles. The number of nitrogens with one attached hydrogen (secondary N) is 1. The normalized spacial score (nSPS) is 12.8. The lowest BCUT2D eigenvalue weighted by molar-refractivity contribution is 0.593. The molecule has 0 saturated carbocycles. The highest BCUT2D eigenvalue weighted by Crippen LogP contribution is 2.25. The van der Waals surface area contributed by atoms with Crippen molar-refractivity contribution in [3.63, 3.8) is 0 Å². The summed E-state index contributed by atoms with van der Waals surface area (Å²) >= 11 is 1.77. The molecule has 0 aliphatic heterocycles. The predicted octanol–water partition coefficient (Wildman–Crippen LogP) is 4.99. The Balaban J connectivity index is 2.10. The number of anilines is 1. The van der Waals surface area contributed by atoms with Gasteiger partial charge >= 0.3 is 0 Å². The molecule has 18 heavy (non-hydrogen) atoms. The molecule has 1 unspecified atom stereocenters. The van der Waals surface area contributed by atoms with Gasteiger partial charge in [0.2, 0.25) is 0 Å². The number of aryl methyl sites for hydroxylation is 1. The van der Waals surface area contributed by atoms with Gasteiger partial charge in [-0.2, -0.15) is 0 Å². The van der Waals surface area contributed by atoms with Crippen molar-refractivity contribution in [2.24, 2.45) is 0 Å². The average molecular weight is 262 g/mol. The molecule has 98 valence electrons. The Morgan fingerprint density at radius 3 is 2.89 bits per heavy atom. The molecule has 1 aromatic heterocycles. The molecule has 1 atom stereocenters. The summed E-state index contributed by atoms with van der Waals surface area (Å²) in [5.74, 6) is 0. The molecule has 0 radical (unpaired) electrons. The molecule has 1 heterocycles. The number of aromatic nitrogens is 1. The van der Waals surface area contributed by atoms with Crippen LogP contribution >= 0.6 is 11.3 Å². The minimum absolute atomic E-state index is 0.594. The van der Waals surface area contributed by atoms with Gasteiger partial charge in [0.15, 0.2) is 0 Å². The number of hydrogen-bond donors (Lipinski definition) is 1. The minimum atomic E-state index is 0.594. The third-order valence-corrected chi connectivity index (χ3v) is 4.20. The zero-order chi connectivity index (χ0) is 13.0. The number of unbranched alkanes of at least 4 members (excludes halogenated alkanes) is 1. The maximum absolute atomic E-state index is 4.49. The van der Waals surface area contributed by atoms with Crippen molar-refractivity contribution in [3.8, 4) is 0 Å². The Hall–Kier alpha value is -1.09. The van der Waals surface area contributed by atoms with Crippen molar-refractivity contribution in [2.45, 2.75) is 52.5 Å². The highest BCUT2D eigenvalue weighted by molar-refractivity contribution is 7.18. The van der Waals surface area contributed by atoms with Crippen molar-refractivity contribution in [3.05, 3.63) is 23.2 Å². The van der Waals surface area contributed by atoms with E-state index in [1.807, 2.05) is 0 Å². The summed E-state index contributed by atoms with van der Waals surface area (Å²) in [6, 6.07) is 7.09. The number of thiazole rings is 1. The summed E-state index contributed by atoms with van der Waals surface area (Å²) < 4.78 is 1.28. The third kappa shape index (κ3) is 3.22. The van der Waals surface area contributed by atoms with Crippen molar-refractivity contribution in [1.29, 1.82) is 0 Å². The molecular formula is C15H22N2S. The van der Waals surface area contributed by atoms with Gasteiger partial charge in [0.1, 0.15) is 0 Å². The van der Waals surface area contributed by atoms with E-state index >= 15 is 0 Å². The lowest BCUT2D eigenvalue weighted by atomic mass is 10.1. The van der Waals surface area contributed by atoms with Crippen LogP contribution in [0.3, 0.4) is 0 Å². The maximum atomic E-state index is 4.49. The molecule has 0 spiro atoms. The summed E-state index contributed by atoms with van der Waals surface area (Å²) in [7, 11) is 0. The largest absolute Gasteiger partial charge is 0.382 e. The number of hydrogen-bond acceptors (Lipinski definition) is 3. The van der Waals surface area contributed by atoms with E-state index in [4.69, 9.17) is 0 Å². The van der Waals surface area contributed by atoms with Gasteiger partial charge in [-0.25, -0.2) is 4.98 Å². The molecule has 0 saturated heterocycles. The number of rotatable bonds is 6. The standard InChI is InChI=1S/C15H22N2S/c1-4-6-7-12(5-2)17-13-8-9-14-15(10-13)18-11(3)16-14/h8-10,12,17H,4-7H2,1-3H3. The molecule has 0 fully saturated rings. The molecule has 1 N–H and O–H groups in total. The maximum Gasteiger partial charge on any atom is 0.0907 e. The van der Waals surface area contributed by atoms with Crippen LogP contribution in [0.1, 0.15) is 44.5 Å². The second kappa shape index (κ2) is 6.19. The Morgan fingerprint density at radius 1 is 1.33 bits per heavy atom. The second-order valence-electron chi connectivity index (χ2n) is 4.81. The van der Waals surface area contributed by atoms with Crippen LogP contribution in [-0.4, -0.2) is 11.0 Å². The monoisotopic (exact) mass is 262 g/mol. The van der Waals surface area contributed by atoms with Gasteiger partial charge in [-0.15, -0.1) is 11.3 Å². The van der Waals surface area contributed by atoms with E-state index in [0.717, 1.165) is 10.5 Å². The Morgan fingerprint density at radius 2 is 2.17 bits per heavy atom. The second-order valence-corrected chi connectivity index (χ2v) is 6.04. The Labute approximate surface area is 113 Å². The zero-order valence-corrected chi connectivity index (χ0v) is 12.3. The van der Waals surface area contributed by atoms with Crippen LogP contribution in [-0.2, 0) is 0 Å². The molecule has 2 aromatic rings. The van der Waals surface area contributed by atoms with Gasteiger partial charge in [-0.05, 0) is 38.0 Å². The van der Waals surface area contributed by atoms with Gasteiger partial charge in [0.05, 0.1) is 15.2 Å². The first kappa shape index (κ1) is 13.3. The third-order valence-electron chi connectivity index (χ3n) is 3.27. The van der Waals surface area contributed by atoms with E-state index < -0.39 is 0 Å². The fourth-order valence-electron chi connectivity index (χ4n) is 2.19. The van der Waals surface area contributed by atoms with Crippen molar-refractivity contribution in [2.75, 3.05) is 5.32 Å². The fraction of sp³-hybridized carbons (Fsp3) is 0.533. The van der Waals surface area contributed by atoms with Crippen LogP contribution in [0.25, 0.3) is 10.2 Å².